The van der Waals surface area contributed by atoms with E-state index in [0.29, 0.717) is 12.8 Å². The van der Waals surface area contributed by atoms with Crippen molar-refractivity contribution < 1.29 is 24.5 Å². The normalized spacial score (nSPS) is 12.4. The van der Waals surface area contributed by atoms with Crippen LogP contribution in [-0.2, 0) is 14.3 Å². The number of hydrogen-bond donors (Lipinski definition) is 2. The van der Waals surface area contributed by atoms with Gasteiger partial charge in [-0.25, -0.2) is 9.59 Å². The first kappa shape index (κ1) is 15.2. The van der Waals surface area contributed by atoms with Crippen molar-refractivity contribution in [3.8, 4) is 0 Å². The highest BCUT2D eigenvalue weighted by molar-refractivity contribution is 5.99. The van der Waals surface area contributed by atoms with Gasteiger partial charge in [0.1, 0.15) is 0 Å². The first-order valence-electron chi connectivity index (χ1n) is 5.57. The zero-order chi connectivity index (χ0) is 13.3. The maximum atomic E-state index is 11.1. The molecule has 0 unspecified atom stereocenters. The van der Waals surface area contributed by atoms with Crippen molar-refractivity contribution in [2.75, 3.05) is 0 Å². The van der Waals surface area contributed by atoms with Crippen LogP contribution in [0.15, 0.2) is 23.7 Å². The molecule has 0 bridgehead atoms. The summed E-state index contributed by atoms with van der Waals surface area (Å²) in [7, 11) is 0. The number of aliphatic hydroxyl groups is 2. The van der Waals surface area contributed by atoms with Crippen LogP contribution in [-0.4, -0.2) is 22.2 Å². The fourth-order valence-electron chi connectivity index (χ4n) is 0.918. The van der Waals surface area contributed by atoms with Gasteiger partial charge in [0.25, 0.3) is 0 Å². The Hall–Kier alpha value is -1.78. The molecule has 0 aliphatic carbocycles. The topological polar surface area (TPSA) is 83.8 Å². The zero-order valence-electron chi connectivity index (χ0n) is 10.1. The minimum atomic E-state index is -1.15. The molecule has 0 radical (unpaired) electrons. The van der Waals surface area contributed by atoms with Gasteiger partial charge in [0.05, 0.1) is 0 Å². The average molecular weight is 242 g/mol. The summed E-state index contributed by atoms with van der Waals surface area (Å²) in [5, 5.41) is 18.4. The van der Waals surface area contributed by atoms with Crippen molar-refractivity contribution in [1.82, 2.24) is 0 Å². The van der Waals surface area contributed by atoms with Crippen molar-refractivity contribution in [3.63, 3.8) is 0 Å². The highest BCUT2D eigenvalue weighted by atomic mass is 16.6. The maximum absolute atomic E-state index is 11.1. The van der Waals surface area contributed by atoms with Gasteiger partial charge in [-0.1, -0.05) is 26.7 Å². The van der Waals surface area contributed by atoms with Crippen LogP contribution in [0.25, 0.3) is 0 Å². The van der Waals surface area contributed by atoms with Crippen LogP contribution in [0.3, 0.4) is 0 Å². The molecule has 0 aliphatic heterocycles. The standard InChI is InChI=1S/C12H18O5/c1-3-5-7-9(13)11(15)17-12(16)10(14)8-6-4-2/h7-8,13-14H,3-6H2,1-2H3/b9-7-,10-8-. The van der Waals surface area contributed by atoms with Crippen LogP contribution in [0.5, 0.6) is 0 Å². The zero-order valence-corrected chi connectivity index (χ0v) is 10.1. The van der Waals surface area contributed by atoms with E-state index < -0.39 is 23.5 Å². The van der Waals surface area contributed by atoms with E-state index in [2.05, 4.69) is 4.74 Å². The Morgan fingerprint density at radius 1 is 0.941 bits per heavy atom. The Balaban J connectivity index is 4.34. The summed E-state index contributed by atoms with van der Waals surface area (Å²) in [6.07, 6.45) is 5.06. The van der Waals surface area contributed by atoms with E-state index in [1.807, 2.05) is 13.8 Å². The lowest BCUT2D eigenvalue weighted by atomic mass is 10.3. The van der Waals surface area contributed by atoms with Gasteiger partial charge in [-0.2, -0.15) is 0 Å². The molecule has 0 saturated heterocycles. The first-order valence-corrected chi connectivity index (χ1v) is 5.57. The van der Waals surface area contributed by atoms with Crippen molar-refractivity contribution in [2.45, 2.75) is 39.5 Å². The first-order chi connectivity index (χ1) is 8.02. The molecule has 0 heterocycles. The predicted molar refractivity (Wildman–Crippen MR) is 62.3 cm³/mol. The molecule has 2 N–H and O–H groups in total. The molecule has 0 spiro atoms. The Labute approximate surface area is 100 Å². The van der Waals surface area contributed by atoms with Crippen LogP contribution in [0.4, 0.5) is 0 Å². The van der Waals surface area contributed by atoms with Crippen LogP contribution >= 0.6 is 0 Å². The lowest BCUT2D eigenvalue weighted by molar-refractivity contribution is -0.157. The molecule has 17 heavy (non-hydrogen) atoms. The fraction of sp³-hybridized carbons (Fsp3) is 0.500. The van der Waals surface area contributed by atoms with Gasteiger partial charge in [0.15, 0.2) is 11.5 Å². The van der Waals surface area contributed by atoms with Gasteiger partial charge in [-0.15, -0.1) is 0 Å². The van der Waals surface area contributed by atoms with E-state index in [1.54, 1.807) is 0 Å². The Morgan fingerprint density at radius 3 is 1.59 bits per heavy atom. The Morgan fingerprint density at radius 2 is 1.29 bits per heavy atom. The van der Waals surface area contributed by atoms with Gasteiger partial charge in [0, 0.05) is 0 Å². The minimum absolute atomic E-state index is 0.507. The summed E-state index contributed by atoms with van der Waals surface area (Å²) >= 11 is 0. The third kappa shape index (κ3) is 6.40. The molecule has 5 nitrogen and oxygen atoms in total. The lowest BCUT2D eigenvalue weighted by Crippen LogP contribution is -2.16. The van der Waals surface area contributed by atoms with Gasteiger partial charge < -0.3 is 14.9 Å². The van der Waals surface area contributed by atoms with Crippen molar-refractivity contribution in [1.29, 1.82) is 0 Å². The molecule has 5 heteroatoms. The molecule has 96 valence electrons. The second kappa shape index (κ2) is 8.38. The summed E-state index contributed by atoms with van der Waals surface area (Å²) in [5.74, 6) is -3.55. The smallest absolute Gasteiger partial charge is 0.380 e. The van der Waals surface area contributed by atoms with Crippen LogP contribution in [0.1, 0.15) is 39.5 Å². The highest BCUT2D eigenvalue weighted by Crippen LogP contribution is 2.03. The number of rotatable bonds is 6. The van der Waals surface area contributed by atoms with E-state index in [0.717, 1.165) is 12.8 Å². The molecular formula is C12H18O5. The minimum Gasteiger partial charge on any atom is -0.502 e. The summed E-state index contributed by atoms with van der Waals surface area (Å²) in [4.78, 5) is 22.3. The second-order valence-electron chi connectivity index (χ2n) is 3.43. The second-order valence-corrected chi connectivity index (χ2v) is 3.43. The molecule has 0 aromatic carbocycles. The lowest BCUT2D eigenvalue weighted by Gasteiger charge is -2.01. The number of unbranched alkanes of at least 4 members (excludes halogenated alkanes) is 2. The average Bonchev–Trinajstić information content (AvgIpc) is 2.32. The molecule has 0 atom stereocenters. The molecule has 0 saturated carbocycles. The third-order valence-electron chi connectivity index (χ3n) is 1.86. The third-order valence-corrected chi connectivity index (χ3v) is 1.86. The summed E-state index contributed by atoms with van der Waals surface area (Å²) < 4.78 is 4.25. The van der Waals surface area contributed by atoms with Crippen LogP contribution < -0.4 is 0 Å². The molecule has 0 aliphatic rings. The largest absolute Gasteiger partial charge is 0.502 e. The number of allylic oxidation sites excluding steroid dienone is 2. The summed E-state index contributed by atoms with van der Waals surface area (Å²) in [6, 6.07) is 0. The number of hydrogen-bond acceptors (Lipinski definition) is 5. The monoisotopic (exact) mass is 242 g/mol. The Kier molecular flexibility index (Phi) is 7.50. The number of ether oxygens (including phenoxy) is 1. The molecular weight excluding hydrogens is 224 g/mol. The van der Waals surface area contributed by atoms with Gasteiger partial charge in [-0.05, 0) is 25.0 Å². The number of carbonyl (C=O) groups excluding carboxylic acids is 2. The number of carbonyl (C=O) groups is 2. The van der Waals surface area contributed by atoms with E-state index in [-0.39, 0.29) is 0 Å². The van der Waals surface area contributed by atoms with Gasteiger partial charge in [0.2, 0.25) is 0 Å². The predicted octanol–water partition coefficient (Wildman–Crippen LogP) is 2.54. The quantitative estimate of drug-likeness (QED) is 0.323. The fourth-order valence-corrected chi connectivity index (χ4v) is 0.918. The molecule has 0 fully saturated rings. The van der Waals surface area contributed by atoms with Gasteiger partial charge in [-0.3, -0.25) is 0 Å². The number of aliphatic hydroxyl groups excluding tert-OH is 2. The van der Waals surface area contributed by atoms with E-state index in [9.17, 15) is 19.8 Å². The van der Waals surface area contributed by atoms with E-state index >= 15 is 0 Å². The molecule has 0 aromatic rings. The van der Waals surface area contributed by atoms with Gasteiger partial charge >= 0.3 is 11.9 Å². The Bertz CT molecular complexity index is 296. The van der Waals surface area contributed by atoms with Crippen LogP contribution in [0, 0.1) is 0 Å². The van der Waals surface area contributed by atoms with Crippen LogP contribution in [0.2, 0.25) is 0 Å². The van der Waals surface area contributed by atoms with Crippen molar-refractivity contribution in [3.05, 3.63) is 23.7 Å². The van der Waals surface area contributed by atoms with E-state index in [1.165, 1.54) is 12.2 Å². The highest BCUT2D eigenvalue weighted by Gasteiger charge is 2.17. The summed E-state index contributed by atoms with van der Waals surface area (Å²) in [5.41, 5.74) is 0. The SMILES string of the molecule is CCC/C=C(\O)C(=O)OC(=O)/C(O)=C/CCC. The molecule has 0 rings (SSSR count). The molecule has 0 aromatic heterocycles. The van der Waals surface area contributed by atoms with Crippen molar-refractivity contribution in [2.24, 2.45) is 0 Å². The molecule has 0 amide bonds. The van der Waals surface area contributed by atoms with E-state index in [4.69, 9.17) is 0 Å². The number of esters is 2. The maximum Gasteiger partial charge on any atom is 0.380 e. The van der Waals surface area contributed by atoms with Crippen molar-refractivity contribution >= 4 is 11.9 Å². The summed E-state index contributed by atoms with van der Waals surface area (Å²) in [6.45, 7) is 3.75.